The normalized spacial score (nSPS) is 11.0. The summed E-state index contributed by atoms with van der Waals surface area (Å²) < 4.78 is 0. The SMILES string of the molecule is Cc1ccc(-c2ccccc2)c(C(=O)N(C(C)C)C(C)C)c1. The van der Waals surface area contributed by atoms with Crippen molar-refractivity contribution in [3.63, 3.8) is 0 Å². The molecule has 116 valence electrons. The highest BCUT2D eigenvalue weighted by Gasteiger charge is 2.24. The molecule has 0 fully saturated rings. The van der Waals surface area contributed by atoms with Crippen molar-refractivity contribution in [1.29, 1.82) is 0 Å². The number of hydrogen-bond acceptors (Lipinski definition) is 1. The predicted octanol–water partition coefficient (Wildman–Crippen LogP) is 4.92. The van der Waals surface area contributed by atoms with Gasteiger partial charge in [0.25, 0.3) is 5.91 Å². The molecule has 0 saturated carbocycles. The van der Waals surface area contributed by atoms with Gasteiger partial charge in [-0.3, -0.25) is 4.79 Å². The number of carbonyl (C=O) groups is 1. The molecule has 2 aromatic carbocycles. The van der Waals surface area contributed by atoms with Crippen LogP contribution in [0.25, 0.3) is 11.1 Å². The Morgan fingerprint density at radius 1 is 0.909 bits per heavy atom. The molecular formula is C20H25NO. The molecule has 0 aromatic heterocycles. The van der Waals surface area contributed by atoms with E-state index in [2.05, 4.69) is 52.0 Å². The van der Waals surface area contributed by atoms with E-state index in [0.29, 0.717) is 0 Å². The fraction of sp³-hybridized carbons (Fsp3) is 0.350. The van der Waals surface area contributed by atoms with Crippen LogP contribution in [0.1, 0.15) is 43.6 Å². The van der Waals surface area contributed by atoms with E-state index in [1.165, 1.54) is 0 Å². The predicted molar refractivity (Wildman–Crippen MR) is 93.1 cm³/mol. The number of carbonyl (C=O) groups excluding carboxylic acids is 1. The molecule has 0 unspecified atom stereocenters. The summed E-state index contributed by atoms with van der Waals surface area (Å²) in [4.78, 5) is 15.0. The van der Waals surface area contributed by atoms with Gasteiger partial charge in [-0.1, -0.05) is 48.0 Å². The summed E-state index contributed by atoms with van der Waals surface area (Å²) in [5.41, 5.74) is 3.98. The minimum absolute atomic E-state index is 0.104. The van der Waals surface area contributed by atoms with Crippen LogP contribution in [-0.4, -0.2) is 22.9 Å². The molecule has 0 bridgehead atoms. The Hall–Kier alpha value is -2.09. The van der Waals surface area contributed by atoms with Gasteiger partial charge in [-0.15, -0.1) is 0 Å². The van der Waals surface area contributed by atoms with Crippen LogP contribution in [0.5, 0.6) is 0 Å². The fourth-order valence-corrected chi connectivity index (χ4v) is 2.91. The topological polar surface area (TPSA) is 20.3 Å². The van der Waals surface area contributed by atoms with Crippen LogP contribution in [0.3, 0.4) is 0 Å². The van der Waals surface area contributed by atoms with Crippen molar-refractivity contribution in [3.8, 4) is 11.1 Å². The molecule has 0 spiro atoms. The van der Waals surface area contributed by atoms with Crippen LogP contribution in [0.2, 0.25) is 0 Å². The second-order valence-corrected chi connectivity index (χ2v) is 6.31. The van der Waals surface area contributed by atoms with Crippen LogP contribution in [0.15, 0.2) is 48.5 Å². The number of hydrogen-bond donors (Lipinski definition) is 0. The molecule has 0 aliphatic heterocycles. The lowest BCUT2D eigenvalue weighted by atomic mass is 9.96. The van der Waals surface area contributed by atoms with Crippen molar-refractivity contribution in [2.45, 2.75) is 46.7 Å². The second-order valence-electron chi connectivity index (χ2n) is 6.31. The zero-order chi connectivity index (χ0) is 16.3. The van der Waals surface area contributed by atoms with Gasteiger partial charge in [0.2, 0.25) is 0 Å². The highest BCUT2D eigenvalue weighted by Crippen LogP contribution is 2.27. The summed E-state index contributed by atoms with van der Waals surface area (Å²) in [5.74, 6) is 0.104. The van der Waals surface area contributed by atoms with Gasteiger partial charge in [0.15, 0.2) is 0 Å². The Labute approximate surface area is 133 Å². The van der Waals surface area contributed by atoms with Crippen molar-refractivity contribution in [3.05, 3.63) is 59.7 Å². The van der Waals surface area contributed by atoms with Crippen LogP contribution < -0.4 is 0 Å². The van der Waals surface area contributed by atoms with E-state index in [4.69, 9.17) is 0 Å². The number of nitrogens with zero attached hydrogens (tertiary/aromatic N) is 1. The monoisotopic (exact) mass is 295 g/mol. The molecule has 2 nitrogen and oxygen atoms in total. The number of benzene rings is 2. The molecule has 22 heavy (non-hydrogen) atoms. The Kier molecular flexibility index (Phi) is 5.02. The van der Waals surface area contributed by atoms with Crippen molar-refractivity contribution in [2.24, 2.45) is 0 Å². The van der Waals surface area contributed by atoms with Crippen molar-refractivity contribution in [1.82, 2.24) is 4.90 Å². The molecule has 0 atom stereocenters. The van der Waals surface area contributed by atoms with Crippen molar-refractivity contribution < 1.29 is 4.79 Å². The van der Waals surface area contributed by atoms with Gasteiger partial charge < -0.3 is 4.90 Å². The van der Waals surface area contributed by atoms with E-state index in [1.807, 2.05) is 36.1 Å². The summed E-state index contributed by atoms with van der Waals surface area (Å²) in [6.07, 6.45) is 0. The smallest absolute Gasteiger partial charge is 0.254 e. The molecular weight excluding hydrogens is 270 g/mol. The van der Waals surface area contributed by atoms with E-state index in [0.717, 1.165) is 22.3 Å². The van der Waals surface area contributed by atoms with E-state index in [1.54, 1.807) is 0 Å². The first kappa shape index (κ1) is 16.3. The van der Waals surface area contributed by atoms with Gasteiger partial charge in [-0.05, 0) is 51.8 Å². The lowest BCUT2D eigenvalue weighted by Gasteiger charge is -2.31. The van der Waals surface area contributed by atoms with Gasteiger partial charge in [-0.25, -0.2) is 0 Å². The zero-order valence-corrected chi connectivity index (χ0v) is 14.1. The number of aryl methyl sites for hydroxylation is 1. The van der Waals surface area contributed by atoms with Gasteiger partial charge in [0, 0.05) is 17.6 Å². The van der Waals surface area contributed by atoms with Crippen LogP contribution in [-0.2, 0) is 0 Å². The quantitative estimate of drug-likeness (QED) is 0.784. The molecule has 0 radical (unpaired) electrons. The average Bonchev–Trinajstić information content (AvgIpc) is 2.47. The number of rotatable bonds is 4. The van der Waals surface area contributed by atoms with Crippen LogP contribution >= 0.6 is 0 Å². The van der Waals surface area contributed by atoms with Crippen molar-refractivity contribution in [2.75, 3.05) is 0 Å². The zero-order valence-electron chi connectivity index (χ0n) is 14.1. The van der Waals surface area contributed by atoms with Gasteiger partial charge in [0.1, 0.15) is 0 Å². The average molecular weight is 295 g/mol. The summed E-state index contributed by atoms with van der Waals surface area (Å²) in [7, 11) is 0. The van der Waals surface area contributed by atoms with Gasteiger partial charge in [0.05, 0.1) is 0 Å². The molecule has 2 rings (SSSR count). The standard InChI is InChI=1S/C20H25NO/c1-14(2)21(15(3)4)20(22)19-13-16(5)11-12-18(19)17-9-7-6-8-10-17/h6-15H,1-5H3. The molecule has 0 heterocycles. The summed E-state index contributed by atoms with van der Waals surface area (Å²) in [5, 5.41) is 0. The minimum Gasteiger partial charge on any atom is -0.334 e. The third-order valence-corrected chi connectivity index (χ3v) is 3.84. The molecule has 2 heteroatoms. The fourth-order valence-electron chi connectivity index (χ4n) is 2.91. The van der Waals surface area contributed by atoms with E-state index in [-0.39, 0.29) is 18.0 Å². The summed E-state index contributed by atoms with van der Waals surface area (Å²) >= 11 is 0. The summed E-state index contributed by atoms with van der Waals surface area (Å²) in [6, 6.07) is 16.6. The van der Waals surface area contributed by atoms with E-state index < -0.39 is 0 Å². The molecule has 0 aliphatic rings. The first-order valence-corrected chi connectivity index (χ1v) is 7.90. The third kappa shape index (κ3) is 3.38. The first-order valence-electron chi connectivity index (χ1n) is 7.90. The Bertz CT molecular complexity index is 636. The van der Waals surface area contributed by atoms with Gasteiger partial charge in [-0.2, -0.15) is 0 Å². The maximum absolute atomic E-state index is 13.1. The highest BCUT2D eigenvalue weighted by atomic mass is 16.2. The molecule has 0 saturated heterocycles. The largest absolute Gasteiger partial charge is 0.334 e. The Balaban J connectivity index is 2.54. The van der Waals surface area contributed by atoms with Gasteiger partial charge >= 0.3 is 0 Å². The highest BCUT2D eigenvalue weighted by molar-refractivity contribution is 6.01. The lowest BCUT2D eigenvalue weighted by molar-refractivity contribution is 0.0644. The third-order valence-electron chi connectivity index (χ3n) is 3.84. The number of amides is 1. The minimum atomic E-state index is 0.104. The maximum atomic E-state index is 13.1. The molecule has 0 N–H and O–H groups in total. The lowest BCUT2D eigenvalue weighted by Crippen LogP contribution is -2.42. The Morgan fingerprint density at radius 2 is 1.50 bits per heavy atom. The molecule has 1 amide bonds. The molecule has 2 aromatic rings. The van der Waals surface area contributed by atoms with Crippen LogP contribution in [0, 0.1) is 6.92 Å². The van der Waals surface area contributed by atoms with Crippen LogP contribution in [0.4, 0.5) is 0 Å². The van der Waals surface area contributed by atoms with E-state index in [9.17, 15) is 4.79 Å². The maximum Gasteiger partial charge on any atom is 0.254 e. The Morgan fingerprint density at radius 3 is 2.05 bits per heavy atom. The van der Waals surface area contributed by atoms with Crippen molar-refractivity contribution >= 4 is 5.91 Å². The second kappa shape index (κ2) is 6.78. The molecule has 0 aliphatic carbocycles. The van der Waals surface area contributed by atoms with E-state index >= 15 is 0 Å². The summed E-state index contributed by atoms with van der Waals surface area (Å²) in [6.45, 7) is 10.3. The first-order chi connectivity index (χ1) is 10.4.